The molecule has 0 bridgehead atoms. The maximum atomic E-state index is 11.1. The van der Waals surface area contributed by atoms with E-state index >= 15 is 0 Å². The van der Waals surface area contributed by atoms with Crippen LogP contribution in [0.5, 0.6) is 0 Å². The van der Waals surface area contributed by atoms with Crippen LogP contribution >= 0.6 is 0 Å². The molecule has 2 rings (SSSR count). The number of aromatic nitrogens is 1. The Labute approximate surface area is 85.2 Å². The van der Waals surface area contributed by atoms with E-state index in [1.165, 1.54) is 6.07 Å². The SMILES string of the molecule is Cc1cc(C(=O)O)c2[nH]c(=O)ccc2c1. The van der Waals surface area contributed by atoms with Crippen molar-refractivity contribution in [2.75, 3.05) is 0 Å². The average molecular weight is 203 g/mol. The minimum atomic E-state index is -1.04. The second kappa shape index (κ2) is 3.24. The first-order valence-corrected chi connectivity index (χ1v) is 4.45. The molecule has 0 aliphatic rings. The maximum Gasteiger partial charge on any atom is 0.337 e. The number of aromatic amines is 1. The van der Waals surface area contributed by atoms with Crippen molar-refractivity contribution in [3.05, 3.63) is 45.7 Å². The van der Waals surface area contributed by atoms with Gasteiger partial charge in [-0.05, 0) is 36.1 Å². The molecular weight excluding hydrogens is 194 g/mol. The monoisotopic (exact) mass is 203 g/mol. The van der Waals surface area contributed by atoms with E-state index in [-0.39, 0.29) is 11.1 Å². The topological polar surface area (TPSA) is 70.2 Å². The lowest BCUT2D eigenvalue weighted by molar-refractivity contribution is 0.0698. The number of benzene rings is 1. The van der Waals surface area contributed by atoms with Crippen LogP contribution in [0.2, 0.25) is 0 Å². The van der Waals surface area contributed by atoms with E-state index in [9.17, 15) is 9.59 Å². The molecule has 2 aromatic rings. The summed E-state index contributed by atoms with van der Waals surface area (Å²) >= 11 is 0. The highest BCUT2D eigenvalue weighted by Gasteiger charge is 2.09. The molecule has 1 heterocycles. The zero-order valence-corrected chi connectivity index (χ0v) is 8.07. The molecule has 4 heteroatoms. The van der Waals surface area contributed by atoms with Gasteiger partial charge in [-0.1, -0.05) is 0 Å². The Morgan fingerprint density at radius 3 is 2.73 bits per heavy atom. The summed E-state index contributed by atoms with van der Waals surface area (Å²) in [4.78, 5) is 24.6. The van der Waals surface area contributed by atoms with Gasteiger partial charge in [0.2, 0.25) is 5.56 Å². The number of nitrogens with one attached hydrogen (secondary N) is 1. The van der Waals surface area contributed by atoms with Crippen molar-refractivity contribution < 1.29 is 9.90 Å². The largest absolute Gasteiger partial charge is 0.478 e. The Hall–Kier alpha value is -2.10. The van der Waals surface area contributed by atoms with Crippen LogP contribution in [0.3, 0.4) is 0 Å². The fourth-order valence-corrected chi connectivity index (χ4v) is 1.58. The van der Waals surface area contributed by atoms with Gasteiger partial charge in [-0.3, -0.25) is 4.79 Å². The number of carboxylic acid groups (broad SMARTS) is 1. The lowest BCUT2D eigenvalue weighted by atomic mass is 10.1. The molecule has 4 nitrogen and oxygen atoms in total. The molecular formula is C11H9NO3. The molecule has 0 fully saturated rings. The number of carbonyl (C=O) groups is 1. The number of fused-ring (bicyclic) bond motifs is 1. The number of H-pyrrole nitrogens is 1. The zero-order valence-electron chi connectivity index (χ0n) is 8.07. The fraction of sp³-hybridized carbons (Fsp3) is 0.0909. The van der Waals surface area contributed by atoms with Crippen LogP contribution in [-0.2, 0) is 0 Å². The van der Waals surface area contributed by atoms with Gasteiger partial charge in [0.15, 0.2) is 0 Å². The third-order valence-corrected chi connectivity index (χ3v) is 2.21. The molecule has 15 heavy (non-hydrogen) atoms. The third-order valence-electron chi connectivity index (χ3n) is 2.21. The van der Waals surface area contributed by atoms with E-state index in [1.807, 2.05) is 13.0 Å². The molecule has 0 radical (unpaired) electrons. The van der Waals surface area contributed by atoms with Gasteiger partial charge in [0, 0.05) is 6.07 Å². The highest BCUT2D eigenvalue weighted by atomic mass is 16.4. The van der Waals surface area contributed by atoms with E-state index in [1.54, 1.807) is 12.1 Å². The Kier molecular flexibility index (Phi) is 2.04. The molecule has 0 aliphatic heterocycles. The lowest BCUT2D eigenvalue weighted by Gasteiger charge is -2.03. The Balaban J connectivity index is 2.94. The van der Waals surface area contributed by atoms with Gasteiger partial charge in [0.1, 0.15) is 0 Å². The molecule has 0 saturated carbocycles. The molecule has 76 valence electrons. The predicted octanol–water partition coefficient (Wildman–Crippen LogP) is 1.53. The van der Waals surface area contributed by atoms with Crippen LogP contribution in [-0.4, -0.2) is 16.1 Å². The Bertz CT molecular complexity index is 598. The van der Waals surface area contributed by atoms with Crippen molar-refractivity contribution in [1.29, 1.82) is 0 Å². The minimum Gasteiger partial charge on any atom is -0.478 e. The van der Waals surface area contributed by atoms with E-state index in [0.29, 0.717) is 5.52 Å². The number of rotatable bonds is 1. The van der Waals surface area contributed by atoms with Crippen molar-refractivity contribution in [3.63, 3.8) is 0 Å². The van der Waals surface area contributed by atoms with Crippen LogP contribution in [0.25, 0.3) is 10.9 Å². The quantitative estimate of drug-likeness (QED) is 0.738. The van der Waals surface area contributed by atoms with E-state index in [4.69, 9.17) is 5.11 Å². The Morgan fingerprint density at radius 1 is 1.33 bits per heavy atom. The standard InChI is InChI=1S/C11H9NO3/c1-6-4-7-2-3-9(13)12-10(7)8(5-6)11(14)15/h2-5H,1H3,(H,12,13)(H,14,15). The van der Waals surface area contributed by atoms with Crippen molar-refractivity contribution >= 4 is 16.9 Å². The van der Waals surface area contributed by atoms with Gasteiger partial charge in [-0.2, -0.15) is 0 Å². The summed E-state index contributed by atoms with van der Waals surface area (Å²) in [6.45, 7) is 1.82. The summed E-state index contributed by atoms with van der Waals surface area (Å²) in [5, 5.41) is 9.70. The van der Waals surface area contributed by atoms with E-state index < -0.39 is 5.97 Å². The normalized spacial score (nSPS) is 10.5. The summed E-state index contributed by atoms with van der Waals surface area (Å²) < 4.78 is 0. The predicted molar refractivity (Wildman–Crippen MR) is 56.3 cm³/mol. The van der Waals surface area contributed by atoms with E-state index in [2.05, 4.69) is 4.98 Å². The van der Waals surface area contributed by atoms with Gasteiger partial charge in [-0.15, -0.1) is 0 Å². The number of aromatic carboxylic acids is 1. The smallest absolute Gasteiger partial charge is 0.337 e. The first-order chi connectivity index (χ1) is 7.08. The van der Waals surface area contributed by atoms with Gasteiger partial charge in [0.05, 0.1) is 11.1 Å². The average Bonchev–Trinajstić information content (AvgIpc) is 2.17. The first kappa shape index (κ1) is 9.45. The molecule has 0 spiro atoms. The van der Waals surface area contributed by atoms with Crippen LogP contribution in [0, 0.1) is 6.92 Å². The number of hydrogen-bond donors (Lipinski definition) is 2. The minimum absolute atomic E-state index is 0.128. The van der Waals surface area contributed by atoms with Crippen molar-refractivity contribution in [2.24, 2.45) is 0 Å². The second-order valence-electron chi connectivity index (χ2n) is 3.40. The highest BCUT2D eigenvalue weighted by molar-refractivity contribution is 6.01. The number of hydrogen-bond acceptors (Lipinski definition) is 2. The van der Waals surface area contributed by atoms with Crippen molar-refractivity contribution in [1.82, 2.24) is 4.98 Å². The van der Waals surface area contributed by atoms with Gasteiger partial charge < -0.3 is 10.1 Å². The van der Waals surface area contributed by atoms with Gasteiger partial charge >= 0.3 is 5.97 Å². The fourth-order valence-electron chi connectivity index (χ4n) is 1.58. The van der Waals surface area contributed by atoms with Crippen molar-refractivity contribution in [2.45, 2.75) is 6.92 Å². The molecule has 0 aliphatic carbocycles. The van der Waals surface area contributed by atoms with Crippen LogP contribution < -0.4 is 5.56 Å². The second-order valence-corrected chi connectivity index (χ2v) is 3.40. The van der Waals surface area contributed by atoms with Crippen LogP contribution in [0.1, 0.15) is 15.9 Å². The summed E-state index contributed by atoms with van der Waals surface area (Å²) in [6, 6.07) is 6.37. The summed E-state index contributed by atoms with van der Waals surface area (Å²) in [6.07, 6.45) is 0. The molecule has 0 atom stereocenters. The molecule has 0 amide bonds. The van der Waals surface area contributed by atoms with E-state index in [0.717, 1.165) is 10.9 Å². The lowest BCUT2D eigenvalue weighted by Crippen LogP contribution is -2.07. The van der Waals surface area contributed by atoms with Crippen LogP contribution in [0.4, 0.5) is 0 Å². The van der Waals surface area contributed by atoms with Crippen LogP contribution in [0.15, 0.2) is 29.1 Å². The van der Waals surface area contributed by atoms with Gasteiger partial charge in [-0.25, -0.2) is 4.79 Å². The number of aryl methyl sites for hydroxylation is 1. The van der Waals surface area contributed by atoms with Crippen molar-refractivity contribution in [3.8, 4) is 0 Å². The summed E-state index contributed by atoms with van der Waals surface area (Å²) in [5.41, 5.74) is 1.06. The molecule has 1 aromatic heterocycles. The molecule has 0 unspecified atom stereocenters. The highest BCUT2D eigenvalue weighted by Crippen LogP contribution is 2.17. The molecule has 2 N–H and O–H groups in total. The summed E-state index contributed by atoms with van der Waals surface area (Å²) in [5.74, 6) is -1.04. The van der Waals surface area contributed by atoms with Gasteiger partial charge in [0.25, 0.3) is 0 Å². The number of pyridine rings is 1. The molecule has 1 aromatic carbocycles. The molecule has 0 saturated heterocycles. The Morgan fingerprint density at radius 2 is 2.07 bits per heavy atom. The third kappa shape index (κ3) is 1.61. The summed E-state index contributed by atoms with van der Waals surface area (Å²) in [7, 11) is 0. The zero-order chi connectivity index (χ0) is 11.0. The first-order valence-electron chi connectivity index (χ1n) is 4.45. The number of carboxylic acids is 1. The maximum absolute atomic E-state index is 11.1.